The third-order valence-electron chi connectivity index (χ3n) is 3.31. The summed E-state index contributed by atoms with van der Waals surface area (Å²) in [6.07, 6.45) is 0. The zero-order valence-electron chi connectivity index (χ0n) is 11.4. The van der Waals surface area contributed by atoms with Crippen LogP contribution in [0, 0.1) is 6.92 Å². The average molecular weight is 250 g/mol. The van der Waals surface area contributed by atoms with Crippen LogP contribution in [0.4, 0.5) is 5.69 Å². The normalized spacial score (nSPS) is 19.9. The molecule has 4 nitrogen and oxygen atoms in total. The second-order valence-electron chi connectivity index (χ2n) is 4.66. The van der Waals surface area contributed by atoms with Crippen molar-refractivity contribution in [2.24, 2.45) is 0 Å². The molecule has 1 aliphatic rings. The van der Waals surface area contributed by atoms with Crippen molar-refractivity contribution in [3.05, 3.63) is 23.8 Å². The van der Waals surface area contributed by atoms with Crippen LogP contribution in [0.3, 0.4) is 0 Å². The topological polar surface area (TPSA) is 33.7 Å². The van der Waals surface area contributed by atoms with Crippen molar-refractivity contribution in [3.8, 4) is 5.75 Å². The van der Waals surface area contributed by atoms with Gasteiger partial charge in [-0.1, -0.05) is 6.07 Å². The number of nitrogens with zero attached hydrogens (tertiary/aromatic N) is 1. The molecule has 1 fully saturated rings. The highest BCUT2D eigenvalue weighted by Crippen LogP contribution is 2.31. The van der Waals surface area contributed by atoms with E-state index in [-0.39, 0.29) is 0 Å². The zero-order valence-corrected chi connectivity index (χ0v) is 11.4. The third-order valence-corrected chi connectivity index (χ3v) is 3.31. The van der Waals surface area contributed by atoms with Gasteiger partial charge in [-0.2, -0.15) is 0 Å². The first-order chi connectivity index (χ1) is 8.76. The molecule has 4 heteroatoms. The lowest BCUT2D eigenvalue weighted by Crippen LogP contribution is -2.50. The Morgan fingerprint density at radius 1 is 1.50 bits per heavy atom. The number of aryl methyl sites for hydroxylation is 1. The maximum absolute atomic E-state index is 5.57. The summed E-state index contributed by atoms with van der Waals surface area (Å²) in [5, 5.41) is 3.23. The fourth-order valence-electron chi connectivity index (χ4n) is 2.40. The van der Waals surface area contributed by atoms with E-state index < -0.39 is 0 Å². The molecule has 1 atom stereocenters. The number of likely N-dealkylation sites (N-methyl/N-ethyl adjacent to an activating group) is 1. The van der Waals surface area contributed by atoms with E-state index in [2.05, 4.69) is 29.3 Å². The largest absolute Gasteiger partial charge is 0.495 e. The molecule has 0 amide bonds. The van der Waals surface area contributed by atoms with Crippen LogP contribution in [0.25, 0.3) is 0 Å². The molecule has 1 N–H and O–H groups in total. The van der Waals surface area contributed by atoms with Gasteiger partial charge in [0, 0.05) is 13.1 Å². The second kappa shape index (κ2) is 6.07. The minimum atomic E-state index is 0.361. The highest BCUT2D eigenvalue weighted by molar-refractivity contribution is 5.61. The minimum absolute atomic E-state index is 0.361. The first-order valence-electron chi connectivity index (χ1n) is 6.40. The molecule has 0 aromatic heterocycles. The summed E-state index contributed by atoms with van der Waals surface area (Å²) in [5.74, 6) is 0.934. The van der Waals surface area contributed by atoms with E-state index in [4.69, 9.17) is 9.47 Å². The van der Waals surface area contributed by atoms with Gasteiger partial charge >= 0.3 is 0 Å². The van der Waals surface area contributed by atoms with E-state index in [9.17, 15) is 0 Å². The van der Waals surface area contributed by atoms with Gasteiger partial charge in [0.2, 0.25) is 0 Å². The van der Waals surface area contributed by atoms with Crippen LogP contribution < -0.4 is 15.0 Å². The predicted octanol–water partition coefficient (Wildman–Crippen LogP) is 1.43. The van der Waals surface area contributed by atoms with Crippen LogP contribution in [0.15, 0.2) is 18.2 Å². The molecule has 1 aromatic carbocycles. The molecule has 1 unspecified atom stereocenters. The van der Waals surface area contributed by atoms with Crippen molar-refractivity contribution >= 4 is 5.69 Å². The summed E-state index contributed by atoms with van der Waals surface area (Å²) in [4.78, 5) is 2.38. The van der Waals surface area contributed by atoms with Crippen molar-refractivity contribution in [2.75, 3.05) is 45.4 Å². The maximum Gasteiger partial charge on any atom is 0.142 e. The highest BCUT2D eigenvalue weighted by atomic mass is 16.5. The molecular weight excluding hydrogens is 228 g/mol. The Morgan fingerprint density at radius 2 is 2.33 bits per heavy atom. The van der Waals surface area contributed by atoms with Crippen molar-refractivity contribution in [1.82, 2.24) is 5.32 Å². The van der Waals surface area contributed by atoms with Gasteiger partial charge < -0.3 is 19.7 Å². The number of methoxy groups -OCH3 is 1. The standard InChI is InChI=1S/C14H22N2O2/c1-11-4-5-14(17-3)13(8-11)16-6-7-18-10-12(16)9-15-2/h4-5,8,12,15H,6-7,9-10H2,1-3H3. The Balaban J connectivity index is 2.29. The van der Waals surface area contributed by atoms with Crippen LogP contribution in [0.2, 0.25) is 0 Å². The number of rotatable bonds is 4. The molecule has 1 aliphatic heterocycles. The Hall–Kier alpha value is -1.26. The molecule has 100 valence electrons. The summed E-state index contributed by atoms with van der Waals surface area (Å²) in [6, 6.07) is 6.67. The smallest absolute Gasteiger partial charge is 0.142 e. The molecule has 0 saturated carbocycles. The summed E-state index contributed by atoms with van der Waals surface area (Å²) in [6.45, 7) is 5.47. The average Bonchev–Trinajstić information content (AvgIpc) is 2.40. The number of anilines is 1. The molecular formula is C14H22N2O2. The maximum atomic E-state index is 5.57. The summed E-state index contributed by atoms with van der Waals surface area (Å²) in [5.41, 5.74) is 2.42. The van der Waals surface area contributed by atoms with Gasteiger partial charge in [0.05, 0.1) is 32.1 Å². The fraction of sp³-hybridized carbons (Fsp3) is 0.571. The monoisotopic (exact) mass is 250 g/mol. The molecule has 1 saturated heterocycles. The Morgan fingerprint density at radius 3 is 3.06 bits per heavy atom. The summed E-state index contributed by atoms with van der Waals surface area (Å²) >= 11 is 0. The lowest BCUT2D eigenvalue weighted by atomic mass is 10.1. The van der Waals surface area contributed by atoms with Gasteiger partial charge in [-0.15, -0.1) is 0 Å². The Labute approximate surface area is 109 Å². The fourth-order valence-corrected chi connectivity index (χ4v) is 2.40. The van der Waals surface area contributed by atoms with Crippen molar-refractivity contribution in [3.63, 3.8) is 0 Å². The molecule has 0 spiro atoms. The van der Waals surface area contributed by atoms with Gasteiger partial charge in [-0.05, 0) is 31.7 Å². The van der Waals surface area contributed by atoms with Crippen molar-refractivity contribution < 1.29 is 9.47 Å². The Bertz CT molecular complexity index is 393. The van der Waals surface area contributed by atoms with Crippen molar-refractivity contribution in [2.45, 2.75) is 13.0 Å². The lowest BCUT2D eigenvalue weighted by molar-refractivity contribution is 0.0940. The van der Waals surface area contributed by atoms with Crippen LogP contribution in [0.5, 0.6) is 5.75 Å². The molecule has 0 bridgehead atoms. The van der Waals surface area contributed by atoms with Gasteiger partial charge in [0.15, 0.2) is 0 Å². The van der Waals surface area contributed by atoms with Crippen LogP contribution in [-0.2, 0) is 4.74 Å². The van der Waals surface area contributed by atoms with E-state index in [1.54, 1.807) is 7.11 Å². The number of nitrogens with one attached hydrogen (secondary N) is 1. The molecule has 2 rings (SSSR count). The van der Waals surface area contributed by atoms with Gasteiger partial charge in [0.1, 0.15) is 5.75 Å². The second-order valence-corrected chi connectivity index (χ2v) is 4.66. The van der Waals surface area contributed by atoms with Gasteiger partial charge in [0.25, 0.3) is 0 Å². The Kier molecular flexibility index (Phi) is 4.44. The zero-order chi connectivity index (χ0) is 13.0. The third kappa shape index (κ3) is 2.76. The molecule has 0 aliphatic carbocycles. The van der Waals surface area contributed by atoms with E-state index >= 15 is 0 Å². The summed E-state index contributed by atoms with van der Waals surface area (Å²) < 4.78 is 11.0. The molecule has 18 heavy (non-hydrogen) atoms. The molecule has 1 aromatic rings. The van der Waals surface area contributed by atoms with E-state index in [1.165, 1.54) is 11.3 Å². The number of morpholine rings is 1. The SMILES string of the molecule is CNCC1COCCN1c1cc(C)ccc1OC. The number of hydrogen-bond acceptors (Lipinski definition) is 4. The lowest BCUT2D eigenvalue weighted by Gasteiger charge is -2.38. The van der Waals surface area contributed by atoms with Gasteiger partial charge in [-0.25, -0.2) is 0 Å². The quantitative estimate of drug-likeness (QED) is 0.876. The molecule has 0 radical (unpaired) electrons. The number of ether oxygens (including phenoxy) is 2. The van der Waals surface area contributed by atoms with Crippen LogP contribution in [0.1, 0.15) is 5.56 Å². The van der Waals surface area contributed by atoms with Crippen LogP contribution >= 0.6 is 0 Å². The first-order valence-corrected chi connectivity index (χ1v) is 6.40. The number of hydrogen-bond donors (Lipinski definition) is 1. The van der Waals surface area contributed by atoms with E-state index in [0.717, 1.165) is 32.1 Å². The van der Waals surface area contributed by atoms with E-state index in [1.807, 2.05) is 13.1 Å². The predicted molar refractivity (Wildman–Crippen MR) is 73.6 cm³/mol. The van der Waals surface area contributed by atoms with E-state index in [0.29, 0.717) is 6.04 Å². The van der Waals surface area contributed by atoms with Gasteiger partial charge in [-0.3, -0.25) is 0 Å². The van der Waals surface area contributed by atoms with Crippen molar-refractivity contribution in [1.29, 1.82) is 0 Å². The summed E-state index contributed by atoms with van der Waals surface area (Å²) in [7, 11) is 3.70. The van der Waals surface area contributed by atoms with Crippen LogP contribution in [-0.4, -0.2) is 46.5 Å². The minimum Gasteiger partial charge on any atom is -0.495 e. The number of benzene rings is 1. The first kappa shape index (κ1) is 13.2. The highest BCUT2D eigenvalue weighted by Gasteiger charge is 2.24. The molecule has 1 heterocycles.